The predicted octanol–water partition coefficient (Wildman–Crippen LogP) is 0.546. The van der Waals surface area contributed by atoms with Gasteiger partial charge in [0, 0.05) is 12.1 Å². The van der Waals surface area contributed by atoms with Crippen LogP contribution in [0.2, 0.25) is 0 Å². The van der Waals surface area contributed by atoms with Crippen LogP contribution in [0.4, 0.5) is 25.0 Å². The average molecular weight is 354 g/mol. The highest BCUT2D eigenvalue weighted by atomic mass is 19.1. The first kappa shape index (κ1) is 17.1. The minimum atomic E-state index is -0.916. The van der Waals surface area contributed by atoms with Crippen molar-refractivity contribution in [1.82, 2.24) is 4.90 Å². The zero-order chi connectivity index (χ0) is 18.1. The molecule has 10 heteroatoms. The van der Waals surface area contributed by atoms with Crippen LogP contribution in [0.15, 0.2) is 17.1 Å². The number of aliphatic hydroxyl groups is 1. The fourth-order valence-corrected chi connectivity index (χ4v) is 2.85. The van der Waals surface area contributed by atoms with E-state index in [0.717, 1.165) is 21.9 Å². The number of hydrogen-bond acceptors (Lipinski definition) is 6. The van der Waals surface area contributed by atoms with Crippen LogP contribution in [0, 0.1) is 11.6 Å². The number of benzene rings is 1. The van der Waals surface area contributed by atoms with Crippen molar-refractivity contribution in [3.05, 3.63) is 23.8 Å². The van der Waals surface area contributed by atoms with Crippen molar-refractivity contribution in [2.45, 2.75) is 6.10 Å². The molecule has 0 saturated carbocycles. The molecule has 0 bridgehead atoms. The smallest absolute Gasteiger partial charge is 0.414 e. The summed E-state index contributed by atoms with van der Waals surface area (Å²) in [6.07, 6.45) is -1.24. The van der Waals surface area contributed by atoms with Crippen molar-refractivity contribution in [3.63, 3.8) is 0 Å². The van der Waals surface area contributed by atoms with Gasteiger partial charge in [-0.2, -0.15) is 0 Å². The molecule has 1 unspecified atom stereocenters. The molecule has 25 heavy (non-hydrogen) atoms. The lowest BCUT2D eigenvalue weighted by Crippen LogP contribution is -2.29. The van der Waals surface area contributed by atoms with Crippen molar-refractivity contribution < 1.29 is 28.2 Å². The maximum Gasteiger partial charge on any atom is 0.414 e. The van der Waals surface area contributed by atoms with Crippen molar-refractivity contribution in [2.75, 3.05) is 42.8 Å². The van der Waals surface area contributed by atoms with Crippen LogP contribution in [0.5, 0.6) is 0 Å². The Morgan fingerprint density at radius 3 is 2.56 bits per heavy atom. The van der Waals surface area contributed by atoms with Gasteiger partial charge in [0.15, 0.2) is 11.6 Å². The first-order valence-electron chi connectivity index (χ1n) is 7.48. The summed E-state index contributed by atoms with van der Waals surface area (Å²) in [5.74, 6) is -2.27. The second-order valence-electron chi connectivity index (χ2n) is 5.69. The van der Waals surface area contributed by atoms with E-state index < -0.39 is 36.5 Å². The van der Waals surface area contributed by atoms with Gasteiger partial charge in [-0.25, -0.2) is 13.6 Å². The number of cyclic esters (lactones) is 1. The molecule has 1 aromatic carbocycles. The summed E-state index contributed by atoms with van der Waals surface area (Å²) in [7, 11) is 0. The minimum Gasteiger partial charge on any atom is -0.442 e. The van der Waals surface area contributed by atoms with Gasteiger partial charge in [-0.05, 0) is 6.72 Å². The summed E-state index contributed by atoms with van der Waals surface area (Å²) in [6.45, 7) is 2.72. The van der Waals surface area contributed by atoms with Crippen LogP contribution in [0.25, 0.3) is 0 Å². The van der Waals surface area contributed by atoms with Crippen LogP contribution < -0.4 is 9.80 Å². The number of ether oxygens (including phenoxy) is 1. The quantitative estimate of drug-likeness (QED) is 0.781. The van der Waals surface area contributed by atoms with Crippen molar-refractivity contribution in [1.29, 1.82) is 0 Å². The van der Waals surface area contributed by atoms with E-state index in [9.17, 15) is 18.4 Å². The highest BCUT2D eigenvalue weighted by Crippen LogP contribution is 2.32. The number of amides is 2. The highest BCUT2D eigenvalue weighted by molar-refractivity contribution is 5.90. The molecule has 2 saturated heterocycles. The monoisotopic (exact) mass is 354 g/mol. The third kappa shape index (κ3) is 3.12. The van der Waals surface area contributed by atoms with Crippen LogP contribution in [-0.2, 0) is 9.53 Å². The maximum atomic E-state index is 14.5. The third-order valence-corrected chi connectivity index (χ3v) is 4.03. The number of halogens is 2. The van der Waals surface area contributed by atoms with Gasteiger partial charge in [0.05, 0.1) is 32.0 Å². The molecule has 1 aromatic rings. The van der Waals surface area contributed by atoms with E-state index in [1.807, 2.05) is 0 Å². The SMILES string of the molecule is C=NCC1CN(c2cc(F)c(N3CC(=O)N(CO)C3)c(F)c2)C(=O)O1. The van der Waals surface area contributed by atoms with Gasteiger partial charge in [0.25, 0.3) is 0 Å². The fraction of sp³-hybridized carbons (Fsp3) is 0.400. The molecule has 2 aliphatic rings. The van der Waals surface area contributed by atoms with E-state index in [2.05, 4.69) is 11.7 Å². The molecule has 2 amide bonds. The van der Waals surface area contributed by atoms with Gasteiger partial charge < -0.3 is 19.6 Å². The third-order valence-electron chi connectivity index (χ3n) is 4.03. The zero-order valence-corrected chi connectivity index (χ0v) is 13.2. The van der Waals surface area contributed by atoms with Crippen molar-refractivity contribution >= 4 is 30.1 Å². The molecule has 1 N–H and O–H groups in total. The molecule has 0 radical (unpaired) electrons. The molecule has 2 fully saturated rings. The molecule has 8 nitrogen and oxygen atoms in total. The topological polar surface area (TPSA) is 85.7 Å². The normalized spacial score (nSPS) is 20.4. The number of carbonyl (C=O) groups is 2. The number of rotatable bonds is 5. The molecular weight excluding hydrogens is 338 g/mol. The minimum absolute atomic E-state index is 0.0138. The van der Waals surface area contributed by atoms with Crippen LogP contribution in [-0.4, -0.2) is 67.9 Å². The highest BCUT2D eigenvalue weighted by Gasteiger charge is 2.35. The Morgan fingerprint density at radius 1 is 1.32 bits per heavy atom. The van der Waals surface area contributed by atoms with Crippen LogP contribution in [0.3, 0.4) is 0 Å². The molecule has 2 aliphatic heterocycles. The summed E-state index contributed by atoms with van der Waals surface area (Å²) in [5.41, 5.74) is -0.371. The number of hydrogen-bond donors (Lipinski definition) is 1. The summed E-state index contributed by atoms with van der Waals surface area (Å²) in [4.78, 5) is 30.5. The number of anilines is 2. The average Bonchev–Trinajstić information content (AvgIpc) is 3.09. The summed E-state index contributed by atoms with van der Waals surface area (Å²) in [6, 6.07) is 2.02. The first-order valence-corrected chi connectivity index (χ1v) is 7.48. The van der Waals surface area contributed by atoms with Gasteiger partial charge in [0.2, 0.25) is 5.91 Å². The Kier molecular flexibility index (Phi) is 4.53. The van der Waals surface area contributed by atoms with Crippen LogP contribution >= 0.6 is 0 Å². The lowest BCUT2D eigenvalue weighted by atomic mass is 10.2. The zero-order valence-electron chi connectivity index (χ0n) is 13.2. The number of aliphatic hydroxyl groups excluding tert-OH is 1. The Balaban J connectivity index is 1.85. The molecule has 0 aromatic heterocycles. The number of carbonyl (C=O) groups excluding carboxylic acids is 2. The fourth-order valence-electron chi connectivity index (χ4n) is 2.85. The van der Waals surface area contributed by atoms with Gasteiger partial charge in [0.1, 0.15) is 18.5 Å². The molecule has 0 spiro atoms. The van der Waals surface area contributed by atoms with E-state index in [0.29, 0.717) is 0 Å². The second-order valence-corrected chi connectivity index (χ2v) is 5.69. The summed E-state index contributed by atoms with van der Waals surface area (Å²) < 4.78 is 34.0. The van der Waals surface area contributed by atoms with Gasteiger partial charge >= 0.3 is 6.09 Å². The number of aliphatic imine (C=N–C) groups is 1. The predicted molar refractivity (Wildman–Crippen MR) is 84.5 cm³/mol. The maximum absolute atomic E-state index is 14.5. The van der Waals surface area contributed by atoms with Gasteiger partial charge in [-0.3, -0.25) is 14.7 Å². The van der Waals surface area contributed by atoms with E-state index in [-0.39, 0.29) is 37.7 Å². The van der Waals surface area contributed by atoms with Crippen LogP contribution in [0.1, 0.15) is 0 Å². The van der Waals surface area contributed by atoms with E-state index in [1.54, 1.807) is 0 Å². The summed E-state index contributed by atoms with van der Waals surface area (Å²) in [5, 5.41) is 9.05. The van der Waals surface area contributed by atoms with Crippen molar-refractivity contribution in [2.24, 2.45) is 4.99 Å². The molecule has 3 rings (SSSR count). The molecule has 1 atom stereocenters. The summed E-state index contributed by atoms with van der Waals surface area (Å²) >= 11 is 0. The Morgan fingerprint density at radius 2 is 2.00 bits per heavy atom. The van der Waals surface area contributed by atoms with Gasteiger partial charge in [-0.15, -0.1) is 0 Å². The number of nitrogens with zero attached hydrogens (tertiary/aromatic N) is 4. The van der Waals surface area contributed by atoms with E-state index in [4.69, 9.17) is 9.84 Å². The van der Waals surface area contributed by atoms with Crippen molar-refractivity contribution in [3.8, 4) is 0 Å². The molecule has 2 heterocycles. The first-order chi connectivity index (χ1) is 11.9. The molecular formula is C15H16F2N4O4. The Labute approximate surface area is 141 Å². The van der Waals surface area contributed by atoms with E-state index >= 15 is 0 Å². The largest absolute Gasteiger partial charge is 0.442 e. The van der Waals surface area contributed by atoms with E-state index in [1.165, 1.54) is 4.90 Å². The molecule has 134 valence electrons. The lowest BCUT2D eigenvalue weighted by molar-refractivity contribution is -0.129. The molecule has 0 aliphatic carbocycles. The second kappa shape index (κ2) is 6.63. The standard InChI is InChI=1S/C15H16F2N4O4/c1-18-4-10-5-21(15(24)25-10)9-2-11(16)14(12(17)3-9)19-6-13(23)20(7-19)8-22/h2-3,10,22H,1,4-8H2. The van der Waals surface area contributed by atoms with Gasteiger partial charge in [-0.1, -0.05) is 0 Å². The Hall–Kier alpha value is -2.75. The lowest BCUT2D eigenvalue weighted by Gasteiger charge is -2.21. The Bertz CT molecular complexity index is 706.